The van der Waals surface area contributed by atoms with Crippen LogP contribution in [0.1, 0.15) is 5.56 Å². The molecule has 2 heterocycles. The molecule has 23 heavy (non-hydrogen) atoms. The highest BCUT2D eigenvalue weighted by atomic mass is 32.2. The molecule has 0 spiro atoms. The molecule has 6 nitrogen and oxygen atoms in total. The fourth-order valence-electron chi connectivity index (χ4n) is 2.95. The lowest BCUT2D eigenvalue weighted by Gasteiger charge is -2.29. The molecular formula is C16H22N4O2S+2. The number of benzene rings is 1. The summed E-state index contributed by atoms with van der Waals surface area (Å²) in [6, 6.07) is 10.5. The molecule has 2 aliphatic heterocycles. The Bertz CT molecular complexity index is 597. The maximum absolute atomic E-state index is 12.0. The Morgan fingerprint density at radius 3 is 2.48 bits per heavy atom. The molecule has 0 unspecified atom stereocenters. The molecule has 7 heteroatoms. The first-order valence-corrected chi connectivity index (χ1v) is 8.93. The zero-order valence-electron chi connectivity index (χ0n) is 13.0. The minimum absolute atomic E-state index is 0.0768. The standard InChI is InChI=1S/C16H20N4O2S/c21-14(17-16-18-15(22)12-23-16)11-20-8-6-19(7-9-20)10-13-4-2-1-3-5-13/h1-5H,6-12H2,(H,17,18,21,22)/p+2. The van der Waals surface area contributed by atoms with Gasteiger partial charge in [-0.25, -0.2) is 0 Å². The molecule has 0 radical (unpaired) electrons. The molecule has 2 amide bonds. The topological polar surface area (TPSA) is 67.4 Å². The van der Waals surface area contributed by atoms with E-state index in [9.17, 15) is 9.59 Å². The molecule has 3 rings (SSSR count). The number of thioether (sulfide) groups is 1. The van der Waals surface area contributed by atoms with E-state index in [-0.39, 0.29) is 11.8 Å². The average Bonchev–Trinajstić information content (AvgIpc) is 2.95. The van der Waals surface area contributed by atoms with Crippen LogP contribution in [0.5, 0.6) is 0 Å². The van der Waals surface area contributed by atoms with Gasteiger partial charge in [-0.05, 0) is 0 Å². The van der Waals surface area contributed by atoms with Gasteiger partial charge in [0.25, 0.3) is 0 Å². The predicted octanol–water partition coefficient (Wildman–Crippen LogP) is -2.28. The van der Waals surface area contributed by atoms with Gasteiger partial charge in [0.2, 0.25) is 5.91 Å². The number of carbonyl (C=O) groups is 2. The van der Waals surface area contributed by atoms with Gasteiger partial charge in [0.15, 0.2) is 11.7 Å². The molecule has 0 atom stereocenters. The van der Waals surface area contributed by atoms with E-state index in [1.807, 2.05) is 6.07 Å². The Hall–Kier alpha value is -1.70. The lowest BCUT2D eigenvalue weighted by molar-refractivity contribution is -1.02. The molecule has 0 saturated carbocycles. The fourth-order valence-corrected chi connectivity index (χ4v) is 3.64. The number of carbonyl (C=O) groups excluding carboxylic acids is 2. The van der Waals surface area contributed by atoms with E-state index in [1.165, 1.54) is 22.2 Å². The lowest BCUT2D eigenvalue weighted by atomic mass is 10.2. The van der Waals surface area contributed by atoms with Crippen molar-refractivity contribution in [2.75, 3.05) is 38.5 Å². The molecule has 1 aromatic carbocycles. The second kappa shape index (κ2) is 7.72. The highest BCUT2D eigenvalue weighted by Gasteiger charge is 2.25. The van der Waals surface area contributed by atoms with Gasteiger partial charge < -0.3 is 15.1 Å². The van der Waals surface area contributed by atoms with Crippen LogP contribution in [0.3, 0.4) is 0 Å². The second-order valence-electron chi connectivity index (χ2n) is 5.99. The molecule has 122 valence electrons. The Kier molecular flexibility index (Phi) is 5.43. The number of nitrogens with zero attached hydrogens (tertiary/aromatic N) is 1. The monoisotopic (exact) mass is 334 g/mol. The molecule has 0 bridgehead atoms. The summed E-state index contributed by atoms with van der Waals surface area (Å²) in [4.78, 5) is 29.9. The Labute approximate surface area is 139 Å². The number of amides is 2. The summed E-state index contributed by atoms with van der Waals surface area (Å²) < 4.78 is 0. The van der Waals surface area contributed by atoms with Crippen LogP contribution in [0.25, 0.3) is 0 Å². The molecule has 3 N–H and O–H groups in total. The zero-order valence-corrected chi connectivity index (χ0v) is 13.8. The molecular weight excluding hydrogens is 312 g/mol. The van der Waals surface area contributed by atoms with E-state index in [0.717, 1.165) is 32.7 Å². The SMILES string of the molecule is O=C(C[NH+]1CC[NH+](Cc2ccccc2)CC1)N=C1NC(=O)CS1. The van der Waals surface area contributed by atoms with Crippen molar-refractivity contribution in [1.29, 1.82) is 0 Å². The number of rotatable bonds is 4. The first-order chi connectivity index (χ1) is 11.2. The Balaban J connectivity index is 1.42. The summed E-state index contributed by atoms with van der Waals surface area (Å²) in [5.74, 6) is 0.142. The summed E-state index contributed by atoms with van der Waals surface area (Å²) in [6.45, 7) is 5.57. The van der Waals surface area contributed by atoms with Crippen LogP contribution >= 0.6 is 11.8 Å². The molecule has 0 aliphatic carbocycles. The number of hydrogen-bond acceptors (Lipinski definition) is 3. The Morgan fingerprint density at radius 2 is 1.83 bits per heavy atom. The van der Waals surface area contributed by atoms with Gasteiger partial charge in [-0.1, -0.05) is 42.1 Å². The van der Waals surface area contributed by atoms with Crippen LogP contribution < -0.4 is 15.1 Å². The van der Waals surface area contributed by atoms with Gasteiger partial charge in [0, 0.05) is 5.56 Å². The highest BCUT2D eigenvalue weighted by Crippen LogP contribution is 2.08. The average molecular weight is 334 g/mol. The minimum Gasteiger partial charge on any atom is -0.322 e. The Morgan fingerprint density at radius 1 is 1.13 bits per heavy atom. The van der Waals surface area contributed by atoms with E-state index in [2.05, 4.69) is 34.6 Å². The van der Waals surface area contributed by atoms with E-state index < -0.39 is 0 Å². The van der Waals surface area contributed by atoms with Gasteiger partial charge in [0.1, 0.15) is 32.7 Å². The van der Waals surface area contributed by atoms with Gasteiger partial charge >= 0.3 is 5.91 Å². The van der Waals surface area contributed by atoms with Crippen LogP contribution in [-0.2, 0) is 16.1 Å². The third kappa shape index (κ3) is 4.89. The zero-order chi connectivity index (χ0) is 16.1. The van der Waals surface area contributed by atoms with Gasteiger partial charge in [-0.15, -0.1) is 0 Å². The summed E-state index contributed by atoms with van der Waals surface area (Å²) in [7, 11) is 0. The van der Waals surface area contributed by atoms with Crippen LogP contribution in [0.4, 0.5) is 0 Å². The first-order valence-electron chi connectivity index (χ1n) is 7.94. The molecule has 1 aromatic rings. The van der Waals surface area contributed by atoms with Crippen molar-refractivity contribution >= 4 is 28.7 Å². The molecule has 0 aromatic heterocycles. The van der Waals surface area contributed by atoms with Crippen molar-refractivity contribution in [1.82, 2.24) is 5.32 Å². The first kappa shape index (κ1) is 16.2. The largest absolute Gasteiger partial charge is 0.322 e. The van der Waals surface area contributed by atoms with Crippen molar-refractivity contribution in [2.24, 2.45) is 4.99 Å². The highest BCUT2D eigenvalue weighted by molar-refractivity contribution is 8.15. The smallest absolute Gasteiger partial charge is 0.303 e. The predicted molar refractivity (Wildman–Crippen MR) is 89.4 cm³/mol. The van der Waals surface area contributed by atoms with Crippen molar-refractivity contribution < 1.29 is 19.4 Å². The quantitative estimate of drug-likeness (QED) is 0.581. The molecule has 2 fully saturated rings. The lowest BCUT2D eigenvalue weighted by Crippen LogP contribution is -3.27. The summed E-state index contributed by atoms with van der Waals surface area (Å²) in [5, 5.41) is 3.05. The van der Waals surface area contributed by atoms with E-state index in [0.29, 0.717) is 17.5 Å². The summed E-state index contributed by atoms with van der Waals surface area (Å²) >= 11 is 1.30. The molecule has 2 saturated heterocycles. The van der Waals surface area contributed by atoms with Crippen LogP contribution in [-0.4, -0.2) is 55.5 Å². The number of nitrogens with one attached hydrogen (secondary N) is 3. The van der Waals surface area contributed by atoms with Crippen LogP contribution in [0, 0.1) is 0 Å². The summed E-state index contributed by atoms with van der Waals surface area (Å²) in [6.07, 6.45) is 0. The normalized spacial score (nSPS) is 26.3. The van der Waals surface area contributed by atoms with Crippen LogP contribution in [0.2, 0.25) is 0 Å². The number of piperazine rings is 1. The van der Waals surface area contributed by atoms with E-state index in [4.69, 9.17) is 0 Å². The van der Waals surface area contributed by atoms with Crippen LogP contribution in [0.15, 0.2) is 35.3 Å². The van der Waals surface area contributed by atoms with Gasteiger partial charge in [0.05, 0.1) is 5.75 Å². The third-order valence-electron chi connectivity index (χ3n) is 4.17. The summed E-state index contributed by atoms with van der Waals surface area (Å²) in [5.41, 5.74) is 1.36. The maximum atomic E-state index is 12.0. The van der Waals surface area contributed by atoms with Gasteiger partial charge in [-0.3, -0.25) is 9.59 Å². The maximum Gasteiger partial charge on any atom is 0.303 e. The van der Waals surface area contributed by atoms with E-state index >= 15 is 0 Å². The number of amidine groups is 1. The number of aliphatic imine (C=N–C) groups is 1. The van der Waals surface area contributed by atoms with Crippen molar-refractivity contribution in [3.8, 4) is 0 Å². The van der Waals surface area contributed by atoms with Crippen molar-refractivity contribution in [3.63, 3.8) is 0 Å². The third-order valence-corrected chi connectivity index (χ3v) is 5.05. The number of hydrogen-bond donors (Lipinski definition) is 3. The fraction of sp³-hybridized carbons (Fsp3) is 0.438. The van der Waals surface area contributed by atoms with Crippen molar-refractivity contribution in [2.45, 2.75) is 6.54 Å². The number of quaternary nitrogens is 2. The molecule has 2 aliphatic rings. The minimum atomic E-state index is -0.142. The van der Waals surface area contributed by atoms with E-state index in [1.54, 1.807) is 4.90 Å². The second-order valence-corrected chi connectivity index (χ2v) is 6.95. The van der Waals surface area contributed by atoms with Gasteiger partial charge in [-0.2, -0.15) is 4.99 Å². The van der Waals surface area contributed by atoms with Crippen molar-refractivity contribution in [3.05, 3.63) is 35.9 Å².